The number of hydrogen-bond donors (Lipinski definition) is 0. The summed E-state index contributed by atoms with van der Waals surface area (Å²) in [5.41, 5.74) is 0. The summed E-state index contributed by atoms with van der Waals surface area (Å²) in [6, 6.07) is 0. The van der Waals surface area contributed by atoms with Gasteiger partial charge in [0.15, 0.2) is 6.10 Å². The molecule has 83 heavy (non-hydrogen) atoms. The third-order valence-corrected chi connectivity index (χ3v) is 14.3. The lowest BCUT2D eigenvalue weighted by Gasteiger charge is -2.18. The van der Waals surface area contributed by atoms with Gasteiger partial charge in [0.2, 0.25) is 0 Å². The first-order chi connectivity index (χ1) is 41.0. The van der Waals surface area contributed by atoms with Gasteiger partial charge in [0.1, 0.15) is 13.2 Å². The Bertz CT molecular complexity index is 1800. The van der Waals surface area contributed by atoms with Crippen molar-refractivity contribution in [3.05, 3.63) is 146 Å². The molecule has 0 aromatic rings. The van der Waals surface area contributed by atoms with Crippen LogP contribution < -0.4 is 0 Å². The van der Waals surface area contributed by atoms with Crippen molar-refractivity contribution in [3.8, 4) is 0 Å². The molecule has 0 aromatic carbocycles. The van der Waals surface area contributed by atoms with Crippen LogP contribution in [0.4, 0.5) is 0 Å². The lowest BCUT2D eigenvalue weighted by Crippen LogP contribution is -2.30. The van der Waals surface area contributed by atoms with Gasteiger partial charge in [-0.3, -0.25) is 14.4 Å². The number of unbranched alkanes of at least 4 members (excludes halogenated alkanes) is 26. The third-order valence-electron chi connectivity index (χ3n) is 14.3. The minimum absolute atomic E-state index is 0.0932. The summed E-state index contributed by atoms with van der Waals surface area (Å²) >= 11 is 0. The van der Waals surface area contributed by atoms with E-state index < -0.39 is 6.10 Å². The monoisotopic (exact) mass is 1150 g/mol. The molecule has 0 rings (SSSR count). The standard InChI is InChI=1S/C77H126O6/c1-4-7-10-13-16-19-22-25-27-29-31-32-33-34-35-36-37-38-39-40-41-42-43-44-46-47-49-52-55-58-61-64-67-70-76(79)82-73-74(72-81-75(78)69-66-63-60-57-54-51-24-21-18-15-12-9-6-3)83-77(80)71-68-65-62-59-56-53-50-48-45-30-28-26-23-20-17-14-11-8-5-2/h7-8,10-11,16-17,19-20,25-28,31-32,34-35,37-38,40-41,45,48,53,56,74H,4-6,9,12-15,18,21-24,29-30,33,36,39,42-44,46-47,49-52,54-55,57-73H2,1-3H3/b10-7-,11-8-,19-16-,20-17-,27-25-,28-26-,32-31-,35-34-,38-37-,41-40-,48-45-,56-53-. The summed E-state index contributed by atoms with van der Waals surface area (Å²) in [5, 5.41) is 0. The van der Waals surface area contributed by atoms with E-state index in [0.717, 1.165) is 141 Å². The smallest absolute Gasteiger partial charge is 0.306 e. The number of esters is 3. The highest BCUT2D eigenvalue weighted by Crippen LogP contribution is 2.16. The Morgan fingerprint density at radius 3 is 0.747 bits per heavy atom. The predicted molar refractivity (Wildman–Crippen MR) is 362 cm³/mol. The maximum absolute atomic E-state index is 12.9. The van der Waals surface area contributed by atoms with Crippen LogP contribution in [0.25, 0.3) is 0 Å². The van der Waals surface area contributed by atoms with Crippen LogP contribution in [0.15, 0.2) is 146 Å². The highest BCUT2D eigenvalue weighted by molar-refractivity contribution is 5.71. The van der Waals surface area contributed by atoms with Crippen molar-refractivity contribution in [2.75, 3.05) is 13.2 Å². The molecular formula is C77H126O6. The van der Waals surface area contributed by atoms with Crippen molar-refractivity contribution in [2.24, 2.45) is 0 Å². The van der Waals surface area contributed by atoms with Gasteiger partial charge in [-0.1, -0.05) is 308 Å². The molecule has 0 bridgehead atoms. The van der Waals surface area contributed by atoms with E-state index in [-0.39, 0.29) is 37.5 Å². The summed E-state index contributed by atoms with van der Waals surface area (Å²) < 4.78 is 16.9. The van der Waals surface area contributed by atoms with E-state index in [2.05, 4.69) is 167 Å². The number of carbonyl (C=O) groups excluding carboxylic acids is 3. The quantitative estimate of drug-likeness (QED) is 0.0261. The summed E-state index contributed by atoms with van der Waals surface area (Å²) in [6.07, 6.45) is 100. The van der Waals surface area contributed by atoms with Crippen molar-refractivity contribution in [3.63, 3.8) is 0 Å². The molecule has 6 heteroatoms. The topological polar surface area (TPSA) is 78.9 Å². The molecule has 0 amide bonds. The van der Waals surface area contributed by atoms with E-state index >= 15 is 0 Å². The first-order valence-electron chi connectivity index (χ1n) is 34.3. The summed E-state index contributed by atoms with van der Waals surface area (Å²) in [5.74, 6) is -0.924. The summed E-state index contributed by atoms with van der Waals surface area (Å²) in [4.78, 5) is 38.4. The van der Waals surface area contributed by atoms with Gasteiger partial charge in [0.05, 0.1) is 0 Å². The molecule has 0 saturated heterocycles. The molecule has 0 aliphatic carbocycles. The molecule has 0 radical (unpaired) electrons. The van der Waals surface area contributed by atoms with E-state index in [1.807, 2.05) is 0 Å². The lowest BCUT2D eigenvalue weighted by molar-refractivity contribution is -0.167. The Labute approximate surface area is 512 Å². The van der Waals surface area contributed by atoms with Crippen molar-refractivity contribution < 1.29 is 28.6 Å². The highest BCUT2D eigenvalue weighted by Gasteiger charge is 2.19. The second kappa shape index (κ2) is 69.8. The molecule has 0 aliphatic heterocycles. The molecular weight excluding hydrogens is 1020 g/mol. The number of rotatable bonds is 61. The first-order valence-corrected chi connectivity index (χ1v) is 34.3. The zero-order valence-corrected chi connectivity index (χ0v) is 53.9. The average Bonchev–Trinajstić information content (AvgIpc) is 3.49. The normalized spacial score (nSPS) is 13.0. The number of allylic oxidation sites excluding steroid dienone is 24. The summed E-state index contributed by atoms with van der Waals surface area (Å²) in [7, 11) is 0. The predicted octanol–water partition coefficient (Wildman–Crippen LogP) is 23.9. The molecule has 6 nitrogen and oxygen atoms in total. The molecule has 1 atom stereocenters. The Morgan fingerprint density at radius 2 is 0.470 bits per heavy atom. The van der Waals surface area contributed by atoms with Crippen molar-refractivity contribution in [1.29, 1.82) is 0 Å². The maximum atomic E-state index is 12.9. The Balaban J connectivity index is 4.31. The van der Waals surface area contributed by atoms with E-state index in [1.165, 1.54) is 122 Å². The molecule has 0 saturated carbocycles. The van der Waals surface area contributed by atoms with Gasteiger partial charge in [0, 0.05) is 19.3 Å². The van der Waals surface area contributed by atoms with Crippen molar-refractivity contribution >= 4 is 17.9 Å². The minimum Gasteiger partial charge on any atom is -0.462 e. The van der Waals surface area contributed by atoms with Crippen LogP contribution in [0.3, 0.4) is 0 Å². The van der Waals surface area contributed by atoms with E-state index in [1.54, 1.807) is 0 Å². The van der Waals surface area contributed by atoms with Gasteiger partial charge in [-0.2, -0.15) is 0 Å². The van der Waals surface area contributed by atoms with Crippen LogP contribution in [0.5, 0.6) is 0 Å². The number of carbonyl (C=O) groups is 3. The van der Waals surface area contributed by atoms with Crippen LogP contribution in [-0.4, -0.2) is 37.2 Å². The fraction of sp³-hybridized carbons (Fsp3) is 0.649. The highest BCUT2D eigenvalue weighted by atomic mass is 16.6. The van der Waals surface area contributed by atoms with E-state index in [4.69, 9.17) is 14.2 Å². The maximum Gasteiger partial charge on any atom is 0.306 e. The van der Waals surface area contributed by atoms with Crippen molar-refractivity contribution in [2.45, 2.75) is 309 Å². The Morgan fingerprint density at radius 1 is 0.253 bits per heavy atom. The lowest BCUT2D eigenvalue weighted by atomic mass is 10.0. The number of ether oxygens (including phenoxy) is 3. The molecule has 470 valence electrons. The van der Waals surface area contributed by atoms with Gasteiger partial charge in [-0.25, -0.2) is 0 Å². The van der Waals surface area contributed by atoms with Crippen LogP contribution in [0, 0.1) is 0 Å². The van der Waals surface area contributed by atoms with Gasteiger partial charge in [0.25, 0.3) is 0 Å². The Kier molecular flexibility index (Phi) is 65.8. The SMILES string of the molecule is CC/C=C\C/C=C\C/C=C\C/C=C\C/C=C\C/C=C\C/C=C\CCCCCCCCCCCCCC(=O)OCC(COC(=O)CCCCCCCCCCCCCCC)OC(=O)CCCCC/C=C\C/C=C\C/C=C\C/C=C\C/C=C\CC. The van der Waals surface area contributed by atoms with Crippen LogP contribution in [0.2, 0.25) is 0 Å². The molecule has 0 heterocycles. The third kappa shape index (κ3) is 68.0. The molecule has 0 aromatic heterocycles. The second-order valence-electron chi connectivity index (χ2n) is 22.3. The van der Waals surface area contributed by atoms with Crippen LogP contribution in [0.1, 0.15) is 303 Å². The van der Waals surface area contributed by atoms with Gasteiger partial charge >= 0.3 is 17.9 Å². The molecule has 0 spiro atoms. The van der Waals surface area contributed by atoms with Crippen molar-refractivity contribution in [1.82, 2.24) is 0 Å². The first kappa shape index (κ1) is 78.3. The van der Waals surface area contributed by atoms with Crippen LogP contribution in [-0.2, 0) is 28.6 Å². The van der Waals surface area contributed by atoms with E-state index in [0.29, 0.717) is 12.8 Å². The zero-order chi connectivity index (χ0) is 59.9. The number of hydrogen-bond acceptors (Lipinski definition) is 6. The van der Waals surface area contributed by atoms with Gasteiger partial charge in [-0.15, -0.1) is 0 Å². The molecule has 0 fully saturated rings. The largest absolute Gasteiger partial charge is 0.462 e. The van der Waals surface area contributed by atoms with Crippen LogP contribution >= 0.6 is 0 Å². The molecule has 0 aliphatic rings. The fourth-order valence-electron chi connectivity index (χ4n) is 9.27. The molecule has 0 N–H and O–H groups in total. The average molecular weight is 1150 g/mol. The minimum atomic E-state index is -0.801. The Hall–Kier alpha value is -4.71. The van der Waals surface area contributed by atoms with Gasteiger partial charge in [-0.05, 0) is 122 Å². The second-order valence-corrected chi connectivity index (χ2v) is 22.3. The molecule has 1 unspecified atom stereocenters. The summed E-state index contributed by atoms with van der Waals surface area (Å²) in [6.45, 7) is 6.40. The van der Waals surface area contributed by atoms with Gasteiger partial charge < -0.3 is 14.2 Å². The fourth-order valence-corrected chi connectivity index (χ4v) is 9.27. The zero-order valence-electron chi connectivity index (χ0n) is 53.9. The van der Waals surface area contributed by atoms with E-state index in [9.17, 15) is 14.4 Å².